The summed E-state index contributed by atoms with van der Waals surface area (Å²) in [6.07, 6.45) is 2.71. The number of carbonyl (C=O) groups is 1. The van der Waals surface area contributed by atoms with Crippen molar-refractivity contribution in [1.82, 2.24) is 9.97 Å². The Kier molecular flexibility index (Phi) is 3.31. The minimum atomic E-state index is -0.136. The van der Waals surface area contributed by atoms with E-state index in [1.165, 1.54) is 6.33 Å². The number of rotatable bonds is 5. The number of hydrogen-bond donors (Lipinski definition) is 2. The minimum Gasteiger partial charge on any atom is -0.464 e. The van der Waals surface area contributed by atoms with E-state index in [0.717, 1.165) is 12.1 Å². The van der Waals surface area contributed by atoms with Crippen LogP contribution in [0.4, 0.5) is 5.82 Å². The van der Waals surface area contributed by atoms with Crippen LogP contribution < -0.4 is 5.73 Å². The van der Waals surface area contributed by atoms with Crippen molar-refractivity contribution in [2.75, 3.05) is 5.73 Å². The zero-order chi connectivity index (χ0) is 9.68. The fraction of sp³-hybridized carbons (Fsp3) is 0.500. The molecule has 0 amide bonds. The standard InChI is InChI=1S/C8H13N3O2/c1-2-6(13-5-12)3-7-8(9)11-4-10-7/h4-6H,2-3,9H2,1H3,(H,10,11). The quantitative estimate of drug-likeness (QED) is 0.651. The number of ether oxygens (including phenoxy) is 1. The van der Waals surface area contributed by atoms with E-state index in [1.54, 1.807) is 0 Å². The normalized spacial score (nSPS) is 12.4. The maximum absolute atomic E-state index is 10.1. The molecule has 0 spiro atoms. The van der Waals surface area contributed by atoms with Crippen molar-refractivity contribution in [3.05, 3.63) is 12.0 Å². The van der Waals surface area contributed by atoms with E-state index in [0.29, 0.717) is 18.7 Å². The van der Waals surface area contributed by atoms with Crippen LogP contribution in [-0.2, 0) is 16.0 Å². The number of carbonyl (C=O) groups excluding carboxylic acids is 1. The van der Waals surface area contributed by atoms with E-state index in [1.807, 2.05) is 6.92 Å². The van der Waals surface area contributed by atoms with Crippen molar-refractivity contribution in [2.24, 2.45) is 0 Å². The Balaban J connectivity index is 2.55. The molecule has 3 N–H and O–H groups in total. The highest BCUT2D eigenvalue weighted by Crippen LogP contribution is 2.10. The topological polar surface area (TPSA) is 81.0 Å². The van der Waals surface area contributed by atoms with E-state index in [-0.39, 0.29) is 6.10 Å². The van der Waals surface area contributed by atoms with Crippen molar-refractivity contribution in [2.45, 2.75) is 25.9 Å². The predicted octanol–water partition coefficient (Wildman–Crippen LogP) is 0.486. The predicted molar refractivity (Wildman–Crippen MR) is 47.9 cm³/mol. The Morgan fingerprint density at radius 3 is 3.08 bits per heavy atom. The molecular formula is C8H13N3O2. The maximum Gasteiger partial charge on any atom is 0.293 e. The van der Waals surface area contributed by atoms with Gasteiger partial charge in [-0.1, -0.05) is 6.92 Å². The molecule has 1 aromatic heterocycles. The Morgan fingerprint density at radius 1 is 1.85 bits per heavy atom. The molecule has 0 radical (unpaired) electrons. The fourth-order valence-corrected chi connectivity index (χ4v) is 1.08. The summed E-state index contributed by atoms with van der Waals surface area (Å²) in [5, 5.41) is 0. The lowest BCUT2D eigenvalue weighted by Crippen LogP contribution is -2.15. The number of imidazole rings is 1. The third-order valence-electron chi connectivity index (χ3n) is 1.88. The molecule has 1 heterocycles. The zero-order valence-electron chi connectivity index (χ0n) is 7.49. The fourth-order valence-electron chi connectivity index (χ4n) is 1.08. The number of aromatic amines is 1. The first kappa shape index (κ1) is 9.57. The molecule has 0 aliphatic carbocycles. The van der Waals surface area contributed by atoms with E-state index >= 15 is 0 Å². The number of nitrogens with zero attached hydrogens (tertiary/aromatic N) is 1. The highest BCUT2D eigenvalue weighted by molar-refractivity contribution is 5.38. The molecule has 0 fully saturated rings. The molecular weight excluding hydrogens is 170 g/mol. The molecule has 0 aromatic carbocycles. The first-order chi connectivity index (χ1) is 6.27. The Labute approximate surface area is 76.3 Å². The number of nitrogen functional groups attached to an aromatic ring is 1. The van der Waals surface area contributed by atoms with E-state index in [9.17, 15) is 4.79 Å². The summed E-state index contributed by atoms with van der Waals surface area (Å²) in [6, 6.07) is 0. The summed E-state index contributed by atoms with van der Waals surface area (Å²) in [5.74, 6) is 0.535. The summed E-state index contributed by atoms with van der Waals surface area (Å²) in [7, 11) is 0. The van der Waals surface area contributed by atoms with Gasteiger partial charge in [0.15, 0.2) is 0 Å². The third-order valence-corrected chi connectivity index (χ3v) is 1.88. The van der Waals surface area contributed by atoms with Crippen LogP contribution in [0.5, 0.6) is 0 Å². The number of aromatic nitrogens is 2. The molecule has 72 valence electrons. The van der Waals surface area contributed by atoms with E-state index in [2.05, 4.69) is 9.97 Å². The molecule has 0 aliphatic rings. The van der Waals surface area contributed by atoms with Crippen LogP contribution in [0.25, 0.3) is 0 Å². The van der Waals surface area contributed by atoms with Gasteiger partial charge < -0.3 is 15.5 Å². The molecule has 13 heavy (non-hydrogen) atoms. The second-order valence-corrected chi connectivity index (χ2v) is 2.73. The second kappa shape index (κ2) is 4.49. The smallest absolute Gasteiger partial charge is 0.293 e. The summed E-state index contributed by atoms with van der Waals surface area (Å²) < 4.78 is 4.83. The lowest BCUT2D eigenvalue weighted by Gasteiger charge is -2.10. The van der Waals surface area contributed by atoms with Crippen LogP contribution in [0.2, 0.25) is 0 Å². The van der Waals surface area contributed by atoms with Gasteiger partial charge in [-0.05, 0) is 6.42 Å². The first-order valence-electron chi connectivity index (χ1n) is 4.14. The Bertz CT molecular complexity index is 272. The van der Waals surface area contributed by atoms with Gasteiger partial charge in [0.25, 0.3) is 6.47 Å². The summed E-state index contributed by atoms with van der Waals surface area (Å²) >= 11 is 0. The average Bonchev–Trinajstić information content (AvgIpc) is 2.51. The minimum absolute atomic E-state index is 0.136. The van der Waals surface area contributed by atoms with Crippen molar-refractivity contribution >= 4 is 12.3 Å². The van der Waals surface area contributed by atoms with Gasteiger partial charge in [0.2, 0.25) is 0 Å². The van der Waals surface area contributed by atoms with Gasteiger partial charge in [-0.25, -0.2) is 4.98 Å². The number of nitrogens with two attached hydrogens (primary N) is 1. The number of H-pyrrole nitrogens is 1. The second-order valence-electron chi connectivity index (χ2n) is 2.73. The van der Waals surface area contributed by atoms with Crippen molar-refractivity contribution < 1.29 is 9.53 Å². The van der Waals surface area contributed by atoms with Gasteiger partial charge in [0.05, 0.1) is 12.0 Å². The molecule has 1 unspecified atom stereocenters. The van der Waals surface area contributed by atoms with Crippen LogP contribution >= 0.6 is 0 Å². The number of anilines is 1. The number of hydrogen-bond acceptors (Lipinski definition) is 4. The molecule has 0 saturated heterocycles. The highest BCUT2D eigenvalue weighted by atomic mass is 16.5. The maximum atomic E-state index is 10.1. The summed E-state index contributed by atoms with van der Waals surface area (Å²) in [4.78, 5) is 16.9. The lowest BCUT2D eigenvalue weighted by atomic mass is 10.1. The van der Waals surface area contributed by atoms with Gasteiger partial charge >= 0.3 is 0 Å². The molecule has 0 bridgehead atoms. The lowest BCUT2D eigenvalue weighted by molar-refractivity contribution is -0.133. The Morgan fingerprint density at radius 2 is 2.62 bits per heavy atom. The van der Waals surface area contributed by atoms with Crippen LogP contribution in [0.3, 0.4) is 0 Å². The molecule has 5 nitrogen and oxygen atoms in total. The first-order valence-corrected chi connectivity index (χ1v) is 4.14. The highest BCUT2D eigenvalue weighted by Gasteiger charge is 2.11. The summed E-state index contributed by atoms with van der Waals surface area (Å²) in [6.45, 7) is 2.40. The van der Waals surface area contributed by atoms with Crippen molar-refractivity contribution in [3.8, 4) is 0 Å². The van der Waals surface area contributed by atoms with Gasteiger partial charge in [0.1, 0.15) is 11.9 Å². The average molecular weight is 183 g/mol. The van der Waals surface area contributed by atoms with Crippen LogP contribution in [0, 0.1) is 0 Å². The van der Waals surface area contributed by atoms with Crippen LogP contribution in [-0.4, -0.2) is 22.5 Å². The van der Waals surface area contributed by atoms with Gasteiger partial charge in [-0.2, -0.15) is 0 Å². The third kappa shape index (κ3) is 2.47. The van der Waals surface area contributed by atoms with Gasteiger partial charge in [-0.3, -0.25) is 4.79 Å². The van der Waals surface area contributed by atoms with E-state index in [4.69, 9.17) is 10.5 Å². The van der Waals surface area contributed by atoms with Gasteiger partial charge in [-0.15, -0.1) is 0 Å². The largest absolute Gasteiger partial charge is 0.464 e. The molecule has 0 aliphatic heterocycles. The molecule has 1 atom stereocenters. The molecule has 1 aromatic rings. The van der Waals surface area contributed by atoms with Gasteiger partial charge in [0, 0.05) is 6.42 Å². The molecule has 1 rings (SSSR count). The van der Waals surface area contributed by atoms with Crippen molar-refractivity contribution in [3.63, 3.8) is 0 Å². The summed E-state index contributed by atoms with van der Waals surface area (Å²) in [5.41, 5.74) is 6.32. The van der Waals surface area contributed by atoms with Crippen LogP contribution in [0.1, 0.15) is 19.0 Å². The SMILES string of the molecule is CCC(Cc1nc[nH]c1N)OC=O. The molecule has 5 heteroatoms. The molecule has 0 saturated carbocycles. The monoisotopic (exact) mass is 183 g/mol. The van der Waals surface area contributed by atoms with E-state index < -0.39 is 0 Å². The Hall–Kier alpha value is -1.52. The van der Waals surface area contributed by atoms with Crippen LogP contribution in [0.15, 0.2) is 6.33 Å². The number of nitrogens with one attached hydrogen (secondary N) is 1. The van der Waals surface area contributed by atoms with Crippen molar-refractivity contribution in [1.29, 1.82) is 0 Å². The zero-order valence-corrected chi connectivity index (χ0v) is 7.49.